The Morgan fingerprint density at radius 3 is 2.82 bits per heavy atom. The number of carbonyl (C=O) groups is 1. The maximum absolute atomic E-state index is 12.9. The van der Waals surface area contributed by atoms with Crippen LogP contribution in [-0.2, 0) is 0 Å². The van der Waals surface area contributed by atoms with Crippen molar-refractivity contribution in [2.45, 2.75) is 26.2 Å². The second-order valence-electron chi connectivity index (χ2n) is 3.96. The summed E-state index contributed by atoms with van der Waals surface area (Å²) in [5, 5.41) is 8.98. The Hall–Kier alpha value is -1.65. The molecule has 0 fully saturated rings. The second-order valence-corrected chi connectivity index (χ2v) is 3.96. The zero-order valence-corrected chi connectivity index (χ0v) is 10.1. The molecule has 4 nitrogen and oxygen atoms in total. The standard InChI is InChI=1S/C12H17FN2O2/c1-3-4-5-6-15(2)11-10(12(16)17)7-9(13)8-14-11/h7-8H,3-6H2,1-2H3,(H,16,17). The fraction of sp³-hybridized carbons (Fsp3) is 0.500. The molecule has 0 aliphatic carbocycles. The van der Waals surface area contributed by atoms with Crippen LogP contribution in [0.1, 0.15) is 36.5 Å². The molecular weight excluding hydrogens is 223 g/mol. The predicted molar refractivity (Wildman–Crippen MR) is 63.9 cm³/mol. The number of aromatic nitrogens is 1. The summed E-state index contributed by atoms with van der Waals surface area (Å²) in [5.74, 6) is -1.47. The maximum atomic E-state index is 12.9. The number of carboxylic acids is 1. The van der Waals surface area contributed by atoms with Crippen molar-refractivity contribution < 1.29 is 14.3 Å². The average molecular weight is 240 g/mol. The van der Waals surface area contributed by atoms with Crippen molar-refractivity contribution in [2.24, 2.45) is 0 Å². The van der Waals surface area contributed by atoms with Gasteiger partial charge in [-0.15, -0.1) is 0 Å². The molecule has 1 aromatic rings. The number of anilines is 1. The van der Waals surface area contributed by atoms with Gasteiger partial charge in [-0.2, -0.15) is 0 Å². The van der Waals surface area contributed by atoms with Crippen molar-refractivity contribution in [3.05, 3.63) is 23.6 Å². The first-order valence-electron chi connectivity index (χ1n) is 5.66. The lowest BCUT2D eigenvalue weighted by atomic mass is 10.2. The third-order valence-corrected chi connectivity index (χ3v) is 2.52. The number of hydrogen-bond acceptors (Lipinski definition) is 3. The third kappa shape index (κ3) is 3.69. The Labute approximate surface area is 100 Å². The number of aromatic carboxylic acids is 1. The minimum Gasteiger partial charge on any atom is -0.478 e. The highest BCUT2D eigenvalue weighted by atomic mass is 19.1. The highest BCUT2D eigenvalue weighted by Gasteiger charge is 2.15. The molecule has 0 bridgehead atoms. The number of nitrogens with zero attached hydrogens (tertiary/aromatic N) is 2. The monoisotopic (exact) mass is 240 g/mol. The zero-order valence-electron chi connectivity index (χ0n) is 10.1. The summed E-state index contributed by atoms with van der Waals surface area (Å²) in [6.07, 6.45) is 4.17. The van der Waals surface area contributed by atoms with E-state index in [1.54, 1.807) is 11.9 Å². The van der Waals surface area contributed by atoms with E-state index in [1.165, 1.54) is 0 Å². The van der Waals surface area contributed by atoms with Gasteiger partial charge in [-0.3, -0.25) is 0 Å². The summed E-state index contributed by atoms with van der Waals surface area (Å²) in [6, 6.07) is 1.00. The summed E-state index contributed by atoms with van der Waals surface area (Å²) in [6.45, 7) is 2.81. The third-order valence-electron chi connectivity index (χ3n) is 2.52. The Morgan fingerprint density at radius 1 is 1.53 bits per heavy atom. The normalized spacial score (nSPS) is 10.3. The topological polar surface area (TPSA) is 53.4 Å². The molecular formula is C12H17FN2O2. The lowest BCUT2D eigenvalue weighted by Crippen LogP contribution is -2.22. The van der Waals surface area contributed by atoms with Crippen LogP contribution in [0.2, 0.25) is 0 Å². The van der Waals surface area contributed by atoms with E-state index in [1.807, 2.05) is 0 Å². The molecule has 1 rings (SSSR count). The van der Waals surface area contributed by atoms with Crippen LogP contribution < -0.4 is 4.90 Å². The molecule has 0 amide bonds. The Kier molecular flexibility index (Phi) is 4.87. The average Bonchev–Trinajstić information content (AvgIpc) is 2.29. The minimum atomic E-state index is -1.16. The summed E-state index contributed by atoms with van der Waals surface area (Å²) >= 11 is 0. The van der Waals surface area contributed by atoms with E-state index in [9.17, 15) is 9.18 Å². The lowest BCUT2D eigenvalue weighted by molar-refractivity contribution is 0.0696. The first kappa shape index (κ1) is 13.4. The van der Waals surface area contributed by atoms with Crippen molar-refractivity contribution in [1.29, 1.82) is 0 Å². The van der Waals surface area contributed by atoms with Crippen LogP contribution in [0.3, 0.4) is 0 Å². The van der Waals surface area contributed by atoms with Crippen molar-refractivity contribution in [2.75, 3.05) is 18.5 Å². The number of rotatable bonds is 6. The molecule has 0 radical (unpaired) electrons. The molecule has 5 heteroatoms. The Morgan fingerprint density at radius 2 is 2.24 bits per heavy atom. The molecule has 94 valence electrons. The fourth-order valence-electron chi connectivity index (χ4n) is 1.60. The van der Waals surface area contributed by atoms with Gasteiger partial charge in [0, 0.05) is 13.6 Å². The molecule has 1 heterocycles. The van der Waals surface area contributed by atoms with Crippen LogP contribution in [0.15, 0.2) is 12.3 Å². The molecule has 0 saturated carbocycles. The molecule has 0 unspecified atom stereocenters. The van der Waals surface area contributed by atoms with Gasteiger partial charge >= 0.3 is 5.97 Å². The fourth-order valence-corrected chi connectivity index (χ4v) is 1.60. The van der Waals surface area contributed by atoms with Crippen molar-refractivity contribution in [1.82, 2.24) is 4.98 Å². The summed E-state index contributed by atoms with van der Waals surface area (Å²) < 4.78 is 12.9. The van der Waals surface area contributed by atoms with Gasteiger partial charge in [0.1, 0.15) is 17.2 Å². The van der Waals surface area contributed by atoms with Crippen molar-refractivity contribution >= 4 is 11.8 Å². The van der Waals surface area contributed by atoms with Gasteiger partial charge in [0.05, 0.1) is 6.20 Å². The number of carboxylic acid groups (broad SMARTS) is 1. The molecule has 0 spiro atoms. The van der Waals surface area contributed by atoms with E-state index < -0.39 is 11.8 Å². The zero-order chi connectivity index (χ0) is 12.8. The largest absolute Gasteiger partial charge is 0.478 e. The maximum Gasteiger partial charge on any atom is 0.339 e. The highest BCUT2D eigenvalue weighted by molar-refractivity contribution is 5.93. The first-order valence-corrected chi connectivity index (χ1v) is 5.66. The lowest BCUT2D eigenvalue weighted by Gasteiger charge is -2.19. The van der Waals surface area contributed by atoms with Crippen LogP contribution in [-0.4, -0.2) is 29.7 Å². The molecule has 1 N–H and O–H groups in total. The summed E-state index contributed by atoms with van der Waals surface area (Å²) in [5.41, 5.74) is -0.0935. The van der Waals surface area contributed by atoms with Gasteiger partial charge in [0.15, 0.2) is 0 Å². The van der Waals surface area contributed by atoms with Crippen LogP contribution >= 0.6 is 0 Å². The van der Waals surface area contributed by atoms with Gasteiger partial charge < -0.3 is 10.0 Å². The SMILES string of the molecule is CCCCCN(C)c1ncc(F)cc1C(=O)O. The van der Waals surface area contributed by atoms with Gasteiger partial charge in [-0.05, 0) is 12.5 Å². The quantitative estimate of drug-likeness (QED) is 0.776. The van der Waals surface area contributed by atoms with E-state index in [0.717, 1.165) is 31.5 Å². The van der Waals surface area contributed by atoms with E-state index >= 15 is 0 Å². The highest BCUT2D eigenvalue weighted by Crippen LogP contribution is 2.17. The summed E-state index contributed by atoms with van der Waals surface area (Å²) in [7, 11) is 1.77. The molecule has 17 heavy (non-hydrogen) atoms. The van der Waals surface area contributed by atoms with Gasteiger partial charge in [0.25, 0.3) is 0 Å². The molecule has 1 aromatic heterocycles. The Balaban J connectivity index is 2.84. The summed E-state index contributed by atoms with van der Waals surface area (Å²) in [4.78, 5) is 16.6. The van der Waals surface area contributed by atoms with E-state index in [2.05, 4.69) is 11.9 Å². The number of halogens is 1. The van der Waals surface area contributed by atoms with Crippen LogP contribution in [0.5, 0.6) is 0 Å². The minimum absolute atomic E-state index is 0.0935. The van der Waals surface area contributed by atoms with Crippen LogP contribution in [0, 0.1) is 5.82 Å². The van der Waals surface area contributed by atoms with Crippen LogP contribution in [0.4, 0.5) is 10.2 Å². The molecule has 0 atom stereocenters. The van der Waals surface area contributed by atoms with Crippen molar-refractivity contribution in [3.8, 4) is 0 Å². The number of pyridine rings is 1. The van der Waals surface area contributed by atoms with Gasteiger partial charge in [-0.1, -0.05) is 19.8 Å². The smallest absolute Gasteiger partial charge is 0.339 e. The van der Waals surface area contributed by atoms with Gasteiger partial charge in [0.2, 0.25) is 0 Å². The molecule has 0 aliphatic heterocycles. The van der Waals surface area contributed by atoms with Crippen molar-refractivity contribution in [3.63, 3.8) is 0 Å². The van der Waals surface area contributed by atoms with E-state index in [0.29, 0.717) is 12.4 Å². The Bertz CT molecular complexity index is 396. The second kappa shape index (κ2) is 6.18. The molecule has 0 aromatic carbocycles. The van der Waals surface area contributed by atoms with Crippen LogP contribution in [0.25, 0.3) is 0 Å². The predicted octanol–water partition coefficient (Wildman–Crippen LogP) is 2.55. The molecule has 0 saturated heterocycles. The number of unbranched alkanes of at least 4 members (excludes halogenated alkanes) is 2. The van der Waals surface area contributed by atoms with E-state index in [-0.39, 0.29) is 5.56 Å². The first-order chi connectivity index (χ1) is 8.06. The molecule has 0 aliphatic rings. The number of hydrogen-bond donors (Lipinski definition) is 1. The van der Waals surface area contributed by atoms with Gasteiger partial charge in [-0.25, -0.2) is 14.2 Å². The van der Waals surface area contributed by atoms with E-state index in [4.69, 9.17) is 5.11 Å².